The lowest BCUT2D eigenvalue weighted by Gasteiger charge is -2.19. The number of aryl methyl sites for hydroxylation is 1. The van der Waals surface area contributed by atoms with Crippen LogP contribution in [-0.2, 0) is 13.6 Å². The number of hydrogen-bond acceptors (Lipinski definition) is 3. The molecule has 6 nitrogen and oxygen atoms in total. The van der Waals surface area contributed by atoms with Crippen LogP contribution in [0, 0.1) is 12.8 Å². The van der Waals surface area contributed by atoms with Crippen LogP contribution in [0.4, 0.5) is 4.79 Å². The number of rotatable bonds is 5. The third-order valence-corrected chi connectivity index (χ3v) is 3.28. The molecule has 1 rings (SSSR count). The number of aromatic nitrogens is 2. The molecule has 2 unspecified atom stereocenters. The molecule has 0 radical (unpaired) electrons. The van der Waals surface area contributed by atoms with Gasteiger partial charge in [0, 0.05) is 37.5 Å². The van der Waals surface area contributed by atoms with E-state index in [0.717, 1.165) is 11.3 Å². The number of nitrogens with zero attached hydrogens (tertiary/aromatic N) is 2. The van der Waals surface area contributed by atoms with Crippen LogP contribution in [0.15, 0.2) is 6.20 Å². The molecule has 0 saturated carbocycles. The number of aliphatic hydroxyl groups is 1. The van der Waals surface area contributed by atoms with Crippen molar-refractivity contribution in [3.63, 3.8) is 0 Å². The molecule has 0 spiro atoms. The Hall–Kier alpha value is -1.56. The van der Waals surface area contributed by atoms with Crippen molar-refractivity contribution in [1.82, 2.24) is 20.4 Å². The Kier molecular flexibility index (Phi) is 5.15. The second-order valence-corrected chi connectivity index (χ2v) is 4.65. The molecule has 1 aromatic heterocycles. The van der Waals surface area contributed by atoms with Crippen LogP contribution in [0.3, 0.4) is 0 Å². The highest BCUT2D eigenvalue weighted by Crippen LogP contribution is 2.05. The molecule has 102 valence electrons. The first kappa shape index (κ1) is 14.5. The fourth-order valence-electron chi connectivity index (χ4n) is 1.45. The topological polar surface area (TPSA) is 79.2 Å². The summed E-state index contributed by atoms with van der Waals surface area (Å²) in [5.41, 5.74) is 2.03. The second-order valence-electron chi connectivity index (χ2n) is 4.65. The van der Waals surface area contributed by atoms with E-state index >= 15 is 0 Å². The molecule has 2 amide bonds. The summed E-state index contributed by atoms with van der Waals surface area (Å²) >= 11 is 0. The molecule has 0 fully saturated rings. The maximum Gasteiger partial charge on any atom is 0.315 e. The van der Waals surface area contributed by atoms with Gasteiger partial charge in [-0.15, -0.1) is 0 Å². The van der Waals surface area contributed by atoms with E-state index in [0.29, 0.717) is 6.54 Å². The molecule has 0 bridgehead atoms. The number of carbonyl (C=O) groups is 1. The number of urea groups is 1. The summed E-state index contributed by atoms with van der Waals surface area (Å²) in [5.74, 6) is 0.0379. The van der Waals surface area contributed by atoms with E-state index in [4.69, 9.17) is 5.11 Å². The van der Waals surface area contributed by atoms with E-state index in [1.165, 1.54) is 0 Å². The van der Waals surface area contributed by atoms with Gasteiger partial charge in [-0.25, -0.2) is 4.79 Å². The normalized spacial score (nSPS) is 14.1. The Bertz CT molecular complexity index is 403. The van der Waals surface area contributed by atoms with Crippen molar-refractivity contribution in [3.8, 4) is 0 Å². The van der Waals surface area contributed by atoms with E-state index in [-0.39, 0.29) is 24.6 Å². The van der Waals surface area contributed by atoms with Crippen LogP contribution in [0.2, 0.25) is 0 Å². The second kappa shape index (κ2) is 6.39. The minimum atomic E-state index is -0.231. The highest BCUT2D eigenvalue weighted by molar-refractivity contribution is 5.74. The van der Waals surface area contributed by atoms with Crippen LogP contribution >= 0.6 is 0 Å². The monoisotopic (exact) mass is 254 g/mol. The van der Waals surface area contributed by atoms with Gasteiger partial charge in [-0.1, -0.05) is 6.92 Å². The first-order chi connectivity index (χ1) is 8.45. The van der Waals surface area contributed by atoms with E-state index in [1.807, 2.05) is 27.8 Å². The van der Waals surface area contributed by atoms with E-state index in [1.54, 1.807) is 10.9 Å². The molecule has 0 aliphatic carbocycles. The third-order valence-electron chi connectivity index (χ3n) is 3.28. The molecule has 0 aliphatic heterocycles. The average Bonchev–Trinajstić information content (AvgIpc) is 2.66. The van der Waals surface area contributed by atoms with E-state index in [2.05, 4.69) is 15.7 Å². The lowest BCUT2D eigenvalue weighted by Crippen LogP contribution is -2.44. The van der Waals surface area contributed by atoms with Crippen molar-refractivity contribution in [3.05, 3.63) is 17.5 Å². The summed E-state index contributed by atoms with van der Waals surface area (Å²) in [6.07, 6.45) is 1.75. The molecule has 3 N–H and O–H groups in total. The van der Waals surface area contributed by atoms with Gasteiger partial charge in [-0.3, -0.25) is 4.68 Å². The lowest BCUT2D eigenvalue weighted by atomic mass is 10.1. The zero-order chi connectivity index (χ0) is 13.7. The molecule has 0 aliphatic rings. The molecular formula is C12H22N4O2. The van der Waals surface area contributed by atoms with Gasteiger partial charge >= 0.3 is 6.03 Å². The van der Waals surface area contributed by atoms with Gasteiger partial charge in [0.25, 0.3) is 0 Å². The van der Waals surface area contributed by atoms with Crippen molar-refractivity contribution in [2.75, 3.05) is 6.61 Å². The standard InChI is InChI=1S/C12H22N4O2/c1-8(7-17)9(2)15-12(18)13-5-11-6-14-16(4)10(11)3/h6,8-9,17H,5,7H2,1-4H3,(H2,13,15,18). The molecular weight excluding hydrogens is 232 g/mol. The highest BCUT2D eigenvalue weighted by atomic mass is 16.3. The van der Waals surface area contributed by atoms with E-state index < -0.39 is 0 Å². The zero-order valence-corrected chi connectivity index (χ0v) is 11.4. The minimum absolute atomic E-state index is 0.0379. The van der Waals surface area contributed by atoms with Crippen molar-refractivity contribution in [2.24, 2.45) is 13.0 Å². The molecule has 1 aromatic rings. The van der Waals surface area contributed by atoms with Crippen molar-refractivity contribution < 1.29 is 9.90 Å². The lowest BCUT2D eigenvalue weighted by molar-refractivity contribution is 0.200. The van der Waals surface area contributed by atoms with Crippen molar-refractivity contribution >= 4 is 6.03 Å². The first-order valence-corrected chi connectivity index (χ1v) is 6.08. The maximum absolute atomic E-state index is 11.6. The average molecular weight is 254 g/mol. The maximum atomic E-state index is 11.6. The summed E-state index contributed by atoms with van der Waals surface area (Å²) < 4.78 is 1.77. The number of carbonyl (C=O) groups excluding carboxylic acids is 1. The van der Waals surface area contributed by atoms with Crippen LogP contribution in [0.5, 0.6) is 0 Å². The molecule has 6 heteroatoms. The number of aliphatic hydroxyl groups excluding tert-OH is 1. The number of amides is 2. The molecule has 2 atom stereocenters. The Morgan fingerprint density at radius 2 is 2.22 bits per heavy atom. The minimum Gasteiger partial charge on any atom is -0.396 e. The van der Waals surface area contributed by atoms with Gasteiger partial charge in [0.2, 0.25) is 0 Å². The SMILES string of the molecule is Cc1c(CNC(=O)NC(C)C(C)CO)cnn1C. The molecule has 0 aromatic carbocycles. The Labute approximate surface area is 107 Å². The number of nitrogens with one attached hydrogen (secondary N) is 2. The van der Waals surface area contributed by atoms with Crippen molar-refractivity contribution in [2.45, 2.75) is 33.4 Å². The summed E-state index contributed by atoms with van der Waals surface area (Å²) in [5, 5.41) is 18.7. The summed E-state index contributed by atoms with van der Waals surface area (Å²) in [4.78, 5) is 11.6. The number of hydrogen-bond donors (Lipinski definition) is 3. The van der Waals surface area contributed by atoms with Crippen LogP contribution < -0.4 is 10.6 Å². The molecule has 0 saturated heterocycles. The Morgan fingerprint density at radius 3 is 2.72 bits per heavy atom. The molecule has 18 heavy (non-hydrogen) atoms. The first-order valence-electron chi connectivity index (χ1n) is 6.08. The third kappa shape index (κ3) is 3.73. The van der Waals surface area contributed by atoms with Gasteiger partial charge < -0.3 is 15.7 Å². The fourth-order valence-corrected chi connectivity index (χ4v) is 1.45. The Morgan fingerprint density at radius 1 is 1.56 bits per heavy atom. The summed E-state index contributed by atoms with van der Waals surface area (Å²) in [6, 6.07) is -0.295. The van der Waals surface area contributed by atoms with Crippen LogP contribution in [0.1, 0.15) is 25.1 Å². The highest BCUT2D eigenvalue weighted by Gasteiger charge is 2.13. The van der Waals surface area contributed by atoms with Crippen molar-refractivity contribution in [1.29, 1.82) is 0 Å². The Balaban J connectivity index is 2.40. The van der Waals surface area contributed by atoms with Gasteiger partial charge in [0.1, 0.15) is 0 Å². The van der Waals surface area contributed by atoms with Gasteiger partial charge in [0.15, 0.2) is 0 Å². The smallest absolute Gasteiger partial charge is 0.315 e. The van der Waals surface area contributed by atoms with Gasteiger partial charge in [-0.2, -0.15) is 5.10 Å². The summed E-state index contributed by atoms with van der Waals surface area (Å²) in [6.45, 7) is 6.22. The quantitative estimate of drug-likeness (QED) is 0.717. The predicted octanol–water partition coefficient (Wildman–Crippen LogP) is 0.545. The fraction of sp³-hybridized carbons (Fsp3) is 0.667. The summed E-state index contributed by atoms with van der Waals surface area (Å²) in [7, 11) is 1.86. The largest absolute Gasteiger partial charge is 0.396 e. The molecule has 1 heterocycles. The predicted molar refractivity (Wildman–Crippen MR) is 69.0 cm³/mol. The van der Waals surface area contributed by atoms with Gasteiger partial charge in [-0.05, 0) is 19.8 Å². The van der Waals surface area contributed by atoms with Crippen LogP contribution in [-0.4, -0.2) is 33.6 Å². The van der Waals surface area contributed by atoms with Gasteiger partial charge in [0.05, 0.1) is 6.20 Å². The van der Waals surface area contributed by atoms with E-state index in [9.17, 15) is 4.79 Å². The van der Waals surface area contributed by atoms with Crippen LogP contribution in [0.25, 0.3) is 0 Å². The zero-order valence-electron chi connectivity index (χ0n) is 11.4.